The quantitative estimate of drug-likeness (QED) is 0.321. The monoisotopic (exact) mass is 415 g/mol. The molecule has 0 saturated carbocycles. The zero-order valence-electron chi connectivity index (χ0n) is 18.1. The molecule has 5 nitrogen and oxygen atoms in total. The summed E-state index contributed by atoms with van der Waals surface area (Å²) in [5.74, 6) is -0.567. The van der Waals surface area contributed by atoms with E-state index in [1.165, 1.54) is 0 Å². The van der Waals surface area contributed by atoms with Crippen LogP contribution in [0, 0.1) is 0 Å². The van der Waals surface area contributed by atoms with Gasteiger partial charge in [-0.3, -0.25) is 19.4 Å². The highest BCUT2D eigenvalue weighted by Gasteiger charge is 2.38. The number of amides is 2. The van der Waals surface area contributed by atoms with Gasteiger partial charge in [0.15, 0.2) is 5.11 Å². The van der Waals surface area contributed by atoms with Gasteiger partial charge in [-0.05, 0) is 62.7 Å². The van der Waals surface area contributed by atoms with E-state index in [0.29, 0.717) is 18.2 Å². The number of hydrogen-bond acceptors (Lipinski definition) is 4. The van der Waals surface area contributed by atoms with Crippen molar-refractivity contribution in [2.75, 3.05) is 31.1 Å². The lowest BCUT2D eigenvalue weighted by atomic mass is 10.1. The van der Waals surface area contributed by atoms with Crippen molar-refractivity contribution in [3.8, 4) is 0 Å². The van der Waals surface area contributed by atoms with Crippen LogP contribution in [0.25, 0.3) is 6.08 Å². The van der Waals surface area contributed by atoms with Gasteiger partial charge in [-0.25, -0.2) is 0 Å². The van der Waals surface area contributed by atoms with Crippen LogP contribution in [0.5, 0.6) is 0 Å². The number of rotatable bonds is 10. The second-order valence-electron chi connectivity index (χ2n) is 7.23. The summed E-state index contributed by atoms with van der Waals surface area (Å²) < 4.78 is 0. The molecule has 1 heterocycles. The van der Waals surface area contributed by atoms with E-state index in [0.717, 1.165) is 50.0 Å². The summed E-state index contributed by atoms with van der Waals surface area (Å²) in [6, 6.07) is 7.98. The normalized spacial score (nSPS) is 14.6. The Balaban J connectivity index is 2.35. The molecule has 2 rings (SSSR count). The second kappa shape index (κ2) is 11.1. The van der Waals surface area contributed by atoms with Gasteiger partial charge >= 0.3 is 0 Å². The summed E-state index contributed by atoms with van der Waals surface area (Å²) in [5.41, 5.74) is 2.17. The molecule has 0 spiro atoms. The lowest BCUT2D eigenvalue weighted by Crippen LogP contribution is -2.56. The number of thiocarbonyl (C=S) groups is 1. The Kier molecular flexibility index (Phi) is 8.83. The smallest absolute Gasteiger partial charge is 0.265 e. The van der Waals surface area contributed by atoms with Crippen molar-refractivity contribution >= 4 is 40.9 Å². The van der Waals surface area contributed by atoms with Crippen molar-refractivity contribution < 1.29 is 9.59 Å². The van der Waals surface area contributed by atoms with Crippen LogP contribution in [0.1, 0.15) is 58.9 Å². The van der Waals surface area contributed by atoms with E-state index in [2.05, 4.69) is 32.6 Å². The zero-order chi connectivity index (χ0) is 21.4. The Labute approximate surface area is 180 Å². The molecule has 1 fully saturated rings. The molecule has 0 radical (unpaired) electrons. The van der Waals surface area contributed by atoms with Gasteiger partial charge < -0.3 is 4.90 Å². The summed E-state index contributed by atoms with van der Waals surface area (Å²) in [6.45, 7) is 11.4. The van der Waals surface area contributed by atoms with Crippen LogP contribution in [0.4, 0.5) is 5.69 Å². The van der Waals surface area contributed by atoms with Crippen molar-refractivity contribution in [1.29, 1.82) is 0 Å². The Morgan fingerprint density at radius 2 is 1.34 bits per heavy atom. The van der Waals surface area contributed by atoms with Crippen LogP contribution in [0.3, 0.4) is 0 Å². The topological polar surface area (TPSA) is 43.9 Å². The van der Waals surface area contributed by atoms with Crippen LogP contribution >= 0.6 is 12.2 Å². The number of benzene rings is 1. The third kappa shape index (κ3) is 5.44. The van der Waals surface area contributed by atoms with E-state index < -0.39 is 0 Å². The van der Waals surface area contributed by atoms with Gasteiger partial charge in [0, 0.05) is 31.9 Å². The largest absolute Gasteiger partial charge is 0.372 e. The minimum Gasteiger partial charge on any atom is -0.372 e. The SMILES string of the molecule is CCCCN1C(=O)C(=Cc2ccc(N(CC)CC)cc2)C(=O)N(CCCC)C1=S. The predicted molar refractivity (Wildman–Crippen MR) is 124 cm³/mol. The number of hydrogen-bond donors (Lipinski definition) is 0. The molecule has 0 atom stereocenters. The summed E-state index contributed by atoms with van der Waals surface area (Å²) >= 11 is 5.50. The lowest BCUT2D eigenvalue weighted by molar-refractivity contribution is -0.133. The molecule has 1 aliphatic rings. The van der Waals surface area contributed by atoms with Crippen LogP contribution < -0.4 is 4.90 Å². The maximum absolute atomic E-state index is 13.1. The Morgan fingerprint density at radius 3 is 1.76 bits per heavy atom. The molecule has 0 N–H and O–H groups in total. The summed E-state index contributed by atoms with van der Waals surface area (Å²) in [7, 11) is 0. The fraction of sp³-hybridized carbons (Fsp3) is 0.522. The van der Waals surface area contributed by atoms with Gasteiger partial charge in [0.1, 0.15) is 5.57 Å². The molecule has 2 amide bonds. The van der Waals surface area contributed by atoms with Crippen LogP contribution in [0.2, 0.25) is 0 Å². The summed E-state index contributed by atoms with van der Waals surface area (Å²) in [5, 5.41) is 0.343. The standard InChI is InChI=1S/C23H33N3O2S/c1-5-9-15-25-21(27)20(22(28)26(23(25)29)16-10-6-2)17-18-11-13-19(14-12-18)24(7-3)8-4/h11-14,17H,5-10,15-16H2,1-4H3. The number of carbonyl (C=O) groups is 2. The van der Waals surface area contributed by atoms with Crippen molar-refractivity contribution in [2.24, 2.45) is 0 Å². The van der Waals surface area contributed by atoms with E-state index in [-0.39, 0.29) is 17.4 Å². The van der Waals surface area contributed by atoms with Crippen LogP contribution in [-0.2, 0) is 9.59 Å². The highest BCUT2D eigenvalue weighted by molar-refractivity contribution is 7.80. The predicted octanol–water partition coefficient (Wildman–Crippen LogP) is 4.47. The third-order valence-corrected chi connectivity index (χ3v) is 5.66. The molecule has 0 unspecified atom stereocenters. The molecule has 29 heavy (non-hydrogen) atoms. The highest BCUT2D eigenvalue weighted by Crippen LogP contribution is 2.23. The van der Waals surface area contributed by atoms with Crippen molar-refractivity contribution in [3.05, 3.63) is 35.4 Å². The van der Waals surface area contributed by atoms with E-state index in [1.54, 1.807) is 15.9 Å². The van der Waals surface area contributed by atoms with Gasteiger partial charge in [0.25, 0.3) is 11.8 Å². The van der Waals surface area contributed by atoms with E-state index in [4.69, 9.17) is 12.2 Å². The molecule has 1 saturated heterocycles. The molecule has 6 heteroatoms. The maximum atomic E-state index is 13.1. The van der Waals surface area contributed by atoms with Crippen molar-refractivity contribution in [2.45, 2.75) is 53.4 Å². The first-order valence-corrected chi connectivity index (χ1v) is 11.1. The highest BCUT2D eigenvalue weighted by atomic mass is 32.1. The average molecular weight is 416 g/mol. The van der Waals surface area contributed by atoms with Crippen molar-refractivity contribution in [1.82, 2.24) is 9.80 Å². The van der Waals surface area contributed by atoms with Crippen LogP contribution in [-0.4, -0.2) is 52.9 Å². The number of anilines is 1. The van der Waals surface area contributed by atoms with E-state index in [1.807, 2.05) is 24.3 Å². The summed E-state index contributed by atoms with van der Waals surface area (Å²) in [6.07, 6.45) is 5.33. The van der Waals surface area contributed by atoms with Gasteiger partial charge in [-0.15, -0.1) is 0 Å². The average Bonchev–Trinajstić information content (AvgIpc) is 2.73. The molecule has 1 aliphatic heterocycles. The Morgan fingerprint density at radius 1 is 0.862 bits per heavy atom. The Bertz CT molecular complexity index is 722. The van der Waals surface area contributed by atoms with Gasteiger partial charge in [0.05, 0.1) is 0 Å². The Hall–Kier alpha value is -2.21. The molecule has 0 aromatic heterocycles. The third-order valence-electron chi connectivity index (χ3n) is 5.22. The maximum Gasteiger partial charge on any atom is 0.265 e. The first-order valence-electron chi connectivity index (χ1n) is 10.7. The number of unbranched alkanes of at least 4 members (excludes halogenated alkanes) is 2. The first kappa shape index (κ1) is 23.1. The molecule has 1 aromatic rings. The molecule has 1 aromatic carbocycles. The zero-order valence-corrected chi connectivity index (χ0v) is 18.9. The summed E-state index contributed by atoms with van der Waals surface area (Å²) in [4.78, 5) is 31.6. The van der Waals surface area contributed by atoms with Gasteiger partial charge in [-0.2, -0.15) is 0 Å². The lowest BCUT2D eigenvalue weighted by Gasteiger charge is -2.36. The van der Waals surface area contributed by atoms with Crippen LogP contribution in [0.15, 0.2) is 29.8 Å². The second-order valence-corrected chi connectivity index (χ2v) is 7.59. The fourth-order valence-corrected chi connectivity index (χ4v) is 3.74. The van der Waals surface area contributed by atoms with Gasteiger partial charge in [0.2, 0.25) is 0 Å². The first-order chi connectivity index (χ1) is 14.0. The van der Waals surface area contributed by atoms with E-state index in [9.17, 15) is 9.59 Å². The fourth-order valence-electron chi connectivity index (χ4n) is 3.39. The number of nitrogens with zero attached hydrogens (tertiary/aromatic N) is 3. The minimum atomic E-state index is -0.283. The molecule has 158 valence electrons. The molecule has 0 aliphatic carbocycles. The minimum absolute atomic E-state index is 0.196. The molecular weight excluding hydrogens is 382 g/mol. The van der Waals surface area contributed by atoms with Gasteiger partial charge in [-0.1, -0.05) is 38.8 Å². The molecule has 0 bridgehead atoms. The van der Waals surface area contributed by atoms with Crippen molar-refractivity contribution in [3.63, 3.8) is 0 Å². The van der Waals surface area contributed by atoms with E-state index >= 15 is 0 Å². The molecular formula is C23H33N3O2S. The number of carbonyl (C=O) groups excluding carboxylic acids is 2.